The Hall–Kier alpha value is -3.63. The molecule has 0 aliphatic rings. The standard InChI is InChI=1S/C30H31NO3/c1-21(25-15-9-13-24-12-7-8-14-26(24)25)31-19-23-16-17-27(28(32)18-23)30(2,3)29(33)34-20-22-10-5-4-6-11-22/h4-18,21,31-32H,19-20H2,1-3H3/t21-/m1/s1. The summed E-state index contributed by atoms with van der Waals surface area (Å²) in [6.07, 6.45) is 0. The number of benzene rings is 4. The van der Waals surface area contributed by atoms with Crippen LogP contribution in [0.1, 0.15) is 49.1 Å². The van der Waals surface area contributed by atoms with Gasteiger partial charge in [0.25, 0.3) is 0 Å². The number of carbonyl (C=O) groups excluding carboxylic acids is 1. The Morgan fingerprint density at radius 1 is 0.912 bits per heavy atom. The molecule has 0 aromatic heterocycles. The van der Waals surface area contributed by atoms with E-state index in [0.29, 0.717) is 12.1 Å². The summed E-state index contributed by atoms with van der Waals surface area (Å²) in [5, 5.41) is 16.8. The number of nitrogens with one attached hydrogen (secondary N) is 1. The third-order valence-corrected chi connectivity index (χ3v) is 6.36. The minimum absolute atomic E-state index is 0.0961. The summed E-state index contributed by atoms with van der Waals surface area (Å²) < 4.78 is 5.53. The summed E-state index contributed by atoms with van der Waals surface area (Å²) in [6.45, 7) is 6.49. The molecule has 0 radical (unpaired) electrons. The largest absolute Gasteiger partial charge is 0.508 e. The second-order valence-corrected chi connectivity index (χ2v) is 9.21. The van der Waals surface area contributed by atoms with Gasteiger partial charge in [0.2, 0.25) is 0 Å². The molecule has 4 heteroatoms. The number of phenolic OH excluding ortho intramolecular Hbond substituents is 1. The molecule has 4 aromatic carbocycles. The van der Waals surface area contributed by atoms with Gasteiger partial charge in [0.1, 0.15) is 12.4 Å². The van der Waals surface area contributed by atoms with Crippen molar-refractivity contribution < 1.29 is 14.6 Å². The van der Waals surface area contributed by atoms with Crippen molar-refractivity contribution in [3.05, 3.63) is 113 Å². The summed E-state index contributed by atoms with van der Waals surface area (Å²) in [6, 6.07) is 29.9. The number of hydrogen-bond acceptors (Lipinski definition) is 4. The molecule has 0 amide bonds. The lowest BCUT2D eigenvalue weighted by atomic mass is 9.83. The van der Waals surface area contributed by atoms with Crippen LogP contribution >= 0.6 is 0 Å². The Kier molecular flexibility index (Phi) is 6.99. The van der Waals surface area contributed by atoms with E-state index in [9.17, 15) is 9.90 Å². The van der Waals surface area contributed by atoms with Gasteiger partial charge in [-0.15, -0.1) is 0 Å². The summed E-state index contributed by atoms with van der Waals surface area (Å²) in [4.78, 5) is 12.8. The zero-order valence-corrected chi connectivity index (χ0v) is 19.9. The number of fused-ring (bicyclic) bond motifs is 1. The smallest absolute Gasteiger partial charge is 0.316 e. The van der Waals surface area contributed by atoms with Gasteiger partial charge >= 0.3 is 5.97 Å². The number of aromatic hydroxyl groups is 1. The first-order valence-electron chi connectivity index (χ1n) is 11.6. The summed E-state index contributed by atoms with van der Waals surface area (Å²) in [5.74, 6) is -0.277. The molecule has 174 valence electrons. The third kappa shape index (κ3) is 5.13. The average Bonchev–Trinajstić information content (AvgIpc) is 2.86. The van der Waals surface area contributed by atoms with Gasteiger partial charge in [0.05, 0.1) is 5.41 Å². The Balaban J connectivity index is 1.42. The Labute approximate surface area is 201 Å². The van der Waals surface area contributed by atoms with Crippen LogP contribution < -0.4 is 5.32 Å². The number of rotatable bonds is 8. The van der Waals surface area contributed by atoms with Crippen molar-refractivity contribution in [2.24, 2.45) is 0 Å². The molecule has 0 bridgehead atoms. The lowest BCUT2D eigenvalue weighted by molar-refractivity contribution is -0.150. The minimum Gasteiger partial charge on any atom is -0.508 e. The van der Waals surface area contributed by atoms with Gasteiger partial charge in [-0.1, -0.05) is 84.9 Å². The molecule has 1 atom stereocenters. The molecule has 34 heavy (non-hydrogen) atoms. The van der Waals surface area contributed by atoms with Gasteiger partial charge in [-0.25, -0.2) is 0 Å². The maximum atomic E-state index is 12.8. The summed E-state index contributed by atoms with van der Waals surface area (Å²) >= 11 is 0. The molecule has 0 saturated heterocycles. The van der Waals surface area contributed by atoms with Crippen LogP contribution in [0.25, 0.3) is 10.8 Å². The Morgan fingerprint density at radius 3 is 2.38 bits per heavy atom. The number of esters is 1. The second kappa shape index (κ2) is 10.1. The highest BCUT2D eigenvalue weighted by atomic mass is 16.5. The summed E-state index contributed by atoms with van der Waals surface area (Å²) in [5.41, 5.74) is 2.69. The van der Waals surface area contributed by atoms with E-state index in [1.54, 1.807) is 19.9 Å². The zero-order chi connectivity index (χ0) is 24.1. The van der Waals surface area contributed by atoms with Crippen LogP contribution in [0, 0.1) is 0 Å². The molecule has 4 aromatic rings. The molecule has 4 nitrogen and oxygen atoms in total. The maximum Gasteiger partial charge on any atom is 0.316 e. The van der Waals surface area contributed by atoms with Crippen LogP contribution in [0.4, 0.5) is 0 Å². The van der Waals surface area contributed by atoms with Crippen LogP contribution in [-0.2, 0) is 28.1 Å². The first-order valence-corrected chi connectivity index (χ1v) is 11.6. The molecule has 4 rings (SSSR count). The van der Waals surface area contributed by atoms with E-state index < -0.39 is 5.41 Å². The monoisotopic (exact) mass is 453 g/mol. The second-order valence-electron chi connectivity index (χ2n) is 9.21. The minimum atomic E-state index is -0.971. The first-order chi connectivity index (χ1) is 16.4. The van der Waals surface area contributed by atoms with Gasteiger partial charge in [-0.3, -0.25) is 4.79 Å². The molecule has 0 heterocycles. The van der Waals surface area contributed by atoms with Gasteiger partial charge in [0.15, 0.2) is 0 Å². The van der Waals surface area contributed by atoms with Gasteiger partial charge in [0, 0.05) is 18.2 Å². The van der Waals surface area contributed by atoms with Crippen molar-refractivity contribution in [2.45, 2.75) is 45.4 Å². The van der Waals surface area contributed by atoms with Crippen LogP contribution in [0.15, 0.2) is 91.0 Å². The van der Waals surface area contributed by atoms with Crippen molar-refractivity contribution in [1.82, 2.24) is 5.32 Å². The molecular formula is C30H31NO3. The van der Waals surface area contributed by atoms with Crippen molar-refractivity contribution in [1.29, 1.82) is 0 Å². The average molecular weight is 454 g/mol. The van der Waals surface area contributed by atoms with E-state index in [0.717, 1.165) is 11.1 Å². The zero-order valence-electron chi connectivity index (χ0n) is 19.9. The molecule has 0 fully saturated rings. The fourth-order valence-electron chi connectivity index (χ4n) is 4.24. The van der Waals surface area contributed by atoms with Crippen LogP contribution in [0.2, 0.25) is 0 Å². The number of hydrogen-bond donors (Lipinski definition) is 2. The maximum absolute atomic E-state index is 12.8. The number of ether oxygens (including phenoxy) is 1. The van der Waals surface area contributed by atoms with E-state index in [1.807, 2.05) is 48.5 Å². The van der Waals surface area contributed by atoms with E-state index >= 15 is 0 Å². The van der Waals surface area contributed by atoms with Crippen LogP contribution in [-0.4, -0.2) is 11.1 Å². The van der Waals surface area contributed by atoms with Crippen molar-refractivity contribution in [2.75, 3.05) is 0 Å². The Bertz CT molecular complexity index is 1280. The van der Waals surface area contributed by atoms with E-state index in [4.69, 9.17) is 4.74 Å². The summed E-state index contributed by atoms with van der Waals surface area (Å²) in [7, 11) is 0. The van der Waals surface area contributed by atoms with Crippen molar-refractivity contribution in [3.63, 3.8) is 0 Å². The quantitative estimate of drug-likeness (QED) is 0.302. The Morgan fingerprint density at radius 2 is 1.62 bits per heavy atom. The van der Waals surface area contributed by atoms with Crippen molar-refractivity contribution in [3.8, 4) is 5.75 Å². The highest BCUT2D eigenvalue weighted by molar-refractivity contribution is 5.86. The van der Waals surface area contributed by atoms with Crippen LogP contribution in [0.3, 0.4) is 0 Å². The molecular weight excluding hydrogens is 422 g/mol. The van der Waals surface area contributed by atoms with Gasteiger partial charge in [-0.2, -0.15) is 0 Å². The lowest BCUT2D eigenvalue weighted by Gasteiger charge is -2.24. The predicted molar refractivity (Wildman–Crippen MR) is 137 cm³/mol. The molecule has 0 saturated carbocycles. The normalized spacial score (nSPS) is 12.4. The van der Waals surface area contributed by atoms with Gasteiger partial charge in [-0.05, 0) is 54.3 Å². The molecule has 0 unspecified atom stereocenters. The van der Waals surface area contributed by atoms with Crippen molar-refractivity contribution >= 4 is 16.7 Å². The van der Waals surface area contributed by atoms with Gasteiger partial charge < -0.3 is 15.2 Å². The van der Waals surface area contributed by atoms with Crippen LogP contribution in [0.5, 0.6) is 5.75 Å². The fraction of sp³-hybridized carbons (Fsp3) is 0.233. The lowest BCUT2D eigenvalue weighted by Crippen LogP contribution is -2.31. The number of phenols is 1. The fourth-order valence-corrected chi connectivity index (χ4v) is 4.24. The van der Waals surface area contributed by atoms with E-state index in [1.165, 1.54) is 16.3 Å². The molecule has 0 aliphatic heterocycles. The predicted octanol–water partition coefficient (Wildman–Crippen LogP) is 6.42. The number of carbonyl (C=O) groups is 1. The molecule has 2 N–H and O–H groups in total. The highest BCUT2D eigenvalue weighted by Gasteiger charge is 2.34. The van der Waals surface area contributed by atoms with E-state index in [-0.39, 0.29) is 24.4 Å². The SMILES string of the molecule is C[C@@H](NCc1ccc(C(C)(C)C(=O)OCc2ccccc2)c(O)c1)c1cccc2ccccc12. The highest BCUT2D eigenvalue weighted by Crippen LogP contribution is 2.33. The molecule has 0 aliphatic carbocycles. The first kappa shape index (κ1) is 23.5. The van der Waals surface area contributed by atoms with E-state index in [2.05, 4.69) is 48.6 Å². The topological polar surface area (TPSA) is 58.6 Å². The molecule has 0 spiro atoms. The third-order valence-electron chi connectivity index (χ3n) is 6.36.